The molecule has 1 aromatic rings. The van der Waals surface area contributed by atoms with Crippen molar-refractivity contribution in [1.29, 1.82) is 0 Å². The lowest BCUT2D eigenvalue weighted by molar-refractivity contribution is -0.149. The summed E-state index contributed by atoms with van der Waals surface area (Å²) in [4.78, 5) is 18.6. The Labute approximate surface area is 162 Å². The van der Waals surface area contributed by atoms with Gasteiger partial charge in [-0.2, -0.15) is 0 Å². The van der Waals surface area contributed by atoms with Crippen LogP contribution >= 0.6 is 0 Å². The van der Waals surface area contributed by atoms with Gasteiger partial charge in [-0.15, -0.1) is 0 Å². The molecule has 2 unspecified atom stereocenters. The zero-order valence-electron chi connectivity index (χ0n) is 16.8. The van der Waals surface area contributed by atoms with Crippen LogP contribution in [-0.4, -0.2) is 56.7 Å². The van der Waals surface area contributed by atoms with E-state index in [1.54, 1.807) is 7.05 Å². The van der Waals surface area contributed by atoms with Gasteiger partial charge in [-0.05, 0) is 31.2 Å². The van der Waals surface area contributed by atoms with E-state index < -0.39 is 0 Å². The number of likely N-dealkylation sites (tertiary alicyclic amines) is 1. The minimum absolute atomic E-state index is 0.0659. The van der Waals surface area contributed by atoms with Crippen molar-refractivity contribution < 1.29 is 14.3 Å². The first-order valence-electron chi connectivity index (χ1n) is 9.88. The van der Waals surface area contributed by atoms with Gasteiger partial charge in [-0.25, -0.2) is 0 Å². The van der Waals surface area contributed by atoms with E-state index in [4.69, 9.17) is 9.47 Å². The molecule has 1 aliphatic heterocycles. The Kier molecular flexibility index (Phi) is 9.11. The van der Waals surface area contributed by atoms with E-state index in [0.29, 0.717) is 32.3 Å². The highest BCUT2D eigenvalue weighted by molar-refractivity contribution is 5.81. The zero-order chi connectivity index (χ0) is 19.5. The third-order valence-electron chi connectivity index (χ3n) is 4.68. The first-order chi connectivity index (χ1) is 13.1. The average Bonchev–Trinajstić information content (AvgIpc) is 2.70. The van der Waals surface area contributed by atoms with Gasteiger partial charge in [-0.1, -0.05) is 37.3 Å². The summed E-state index contributed by atoms with van der Waals surface area (Å²) < 4.78 is 11.0. The smallest absolute Gasteiger partial charge is 0.310 e. The molecule has 27 heavy (non-hydrogen) atoms. The highest BCUT2D eigenvalue weighted by Crippen LogP contribution is 2.18. The second-order valence-corrected chi connectivity index (χ2v) is 7.07. The molecule has 2 atom stereocenters. The van der Waals surface area contributed by atoms with Crippen LogP contribution in [0.3, 0.4) is 0 Å². The number of piperidine rings is 1. The van der Waals surface area contributed by atoms with Crippen molar-refractivity contribution in [3.63, 3.8) is 0 Å². The van der Waals surface area contributed by atoms with Crippen molar-refractivity contribution in [3.05, 3.63) is 35.9 Å². The molecule has 1 aromatic carbocycles. The van der Waals surface area contributed by atoms with Gasteiger partial charge in [0.05, 0.1) is 25.7 Å². The van der Waals surface area contributed by atoms with E-state index in [1.807, 2.05) is 25.1 Å². The number of ether oxygens (including phenoxy) is 2. The number of benzene rings is 1. The summed E-state index contributed by atoms with van der Waals surface area (Å²) in [6.07, 6.45) is 1.86. The van der Waals surface area contributed by atoms with Crippen LogP contribution in [0.15, 0.2) is 35.3 Å². The second kappa shape index (κ2) is 11.6. The van der Waals surface area contributed by atoms with Gasteiger partial charge < -0.3 is 19.7 Å². The zero-order valence-corrected chi connectivity index (χ0v) is 16.8. The van der Waals surface area contributed by atoms with Crippen LogP contribution in [0, 0.1) is 11.8 Å². The Bertz CT molecular complexity index is 592. The predicted octanol–water partition coefficient (Wildman–Crippen LogP) is 2.69. The topological polar surface area (TPSA) is 63.2 Å². The number of carbonyl (C=O) groups is 1. The number of esters is 1. The monoisotopic (exact) mass is 375 g/mol. The van der Waals surface area contributed by atoms with Crippen LogP contribution in [0.25, 0.3) is 0 Å². The highest BCUT2D eigenvalue weighted by atomic mass is 16.5. The molecule has 6 heteroatoms. The molecule has 0 radical (unpaired) electrons. The molecule has 0 aliphatic carbocycles. The van der Waals surface area contributed by atoms with Crippen molar-refractivity contribution in [2.45, 2.75) is 33.3 Å². The predicted molar refractivity (Wildman–Crippen MR) is 108 cm³/mol. The Hall–Kier alpha value is -2.08. The molecule has 0 saturated carbocycles. The van der Waals surface area contributed by atoms with E-state index in [9.17, 15) is 4.79 Å². The number of guanidine groups is 1. The molecular formula is C21H33N3O3. The van der Waals surface area contributed by atoms with Crippen molar-refractivity contribution in [2.24, 2.45) is 16.8 Å². The minimum Gasteiger partial charge on any atom is -0.466 e. The fourth-order valence-electron chi connectivity index (χ4n) is 3.23. The van der Waals surface area contributed by atoms with E-state index in [-0.39, 0.29) is 11.9 Å². The molecule has 1 aliphatic rings. The number of aliphatic imine (C=N–C) groups is 1. The van der Waals surface area contributed by atoms with Crippen LogP contribution in [0.2, 0.25) is 0 Å². The van der Waals surface area contributed by atoms with E-state index >= 15 is 0 Å². The van der Waals surface area contributed by atoms with E-state index in [0.717, 1.165) is 31.9 Å². The molecule has 1 saturated heterocycles. The largest absolute Gasteiger partial charge is 0.466 e. The van der Waals surface area contributed by atoms with Crippen LogP contribution in [-0.2, 0) is 20.9 Å². The summed E-state index contributed by atoms with van der Waals surface area (Å²) >= 11 is 0. The summed E-state index contributed by atoms with van der Waals surface area (Å²) in [7, 11) is 1.78. The minimum atomic E-state index is -0.0969. The average molecular weight is 376 g/mol. The second-order valence-electron chi connectivity index (χ2n) is 7.07. The Morgan fingerprint density at radius 3 is 2.85 bits per heavy atom. The number of hydrogen-bond donors (Lipinski definition) is 1. The standard InChI is InChI=1S/C21H33N3O3/c1-4-27-20(25)19-11-8-12-24(14-19)21(22-3)23-13-17(2)15-26-16-18-9-6-5-7-10-18/h5-7,9-10,17,19H,4,8,11-16H2,1-3H3,(H,22,23). The summed E-state index contributed by atoms with van der Waals surface area (Å²) in [5.74, 6) is 1.04. The third-order valence-corrected chi connectivity index (χ3v) is 4.68. The van der Waals surface area contributed by atoms with Gasteiger partial charge >= 0.3 is 5.97 Å². The van der Waals surface area contributed by atoms with Crippen LogP contribution < -0.4 is 5.32 Å². The Morgan fingerprint density at radius 2 is 2.15 bits per heavy atom. The van der Waals surface area contributed by atoms with Crippen molar-refractivity contribution >= 4 is 11.9 Å². The number of hydrogen-bond acceptors (Lipinski definition) is 4. The SMILES string of the molecule is CCOC(=O)C1CCCN(C(=NC)NCC(C)COCc2ccccc2)C1. The Balaban J connectivity index is 1.73. The van der Waals surface area contributed by atoms with E-state index in [2.05, 4.69) is 34.3 Å². The van der Waals surface area contributed by atoms with Gasteiger partial charge in [0, 0.05) is 26.7 Å². The molecule has 1 fully saturated rings. The maximum atomic E-state index is 12.0. The molecule has 2 rings (SSSR count). The van der Waals surface area contributed by atoms with Gasteiger partial charge in [0.2, 0.25) is 0 Å². The number of nitrogens with one attached hydrogen (secondary N) is 1. The number of nitrogens with zero attached hydrogens (tertiary/aromatic N) is 2. The molecule has 1 heterocycles. The van der Waals surface area contributed by atoms with Crippen molar-refractivity contribution in [1.82, 2.24) is 10.2 Å². The molecule has 0 bridgehead atoms. The van der Waals surface area contributed by atoms with Crippen molar-refractivity contribution in [2.75, 3.05) is 39.9 Å². The van der Waals surface area contributed by atoms with E-state index in [1.165, 1.54) is 5.56 Å². The molecule has 0 amide bonds. The lowest BCUT2D eigenvalue weighted by Crippen LogP contribution is -2.49. The number of rotatable bonds is 8. The summed E-state index contributed by atoms with van der Waals surface area (Å²) in [6, 6.07) is 10.2. The van der Waals surface area contributed by atoms with Gasteiger partial charge in [-0.3, -0.25) is 9.79 Å². The first kappa shape index (κ1) is 21.2. The maximum absolute atomic E-state index is 12.0. The van der Waals surface area contributed by atoms with Gasteiger partial charge in [0.1, 0.15) is 0 Å². The lowest BCUT2D eigenvalue weighted by atomic mass is 9.98. The van der Waals surface area contributed by atoms with Gasteiger partial charge in [0.15, 0.2) is 5.96 Å². The van der Waals surface area contributed by atoms with Crippen LogP contribution in [0.5, 0.6) is 0 Å². The molecule has 150 valence electrons. The Morgan fingerprint density at radius 1 is 1.37 bits per heavy atom. The first-order valence-corrected chi connectivity index (χ1v) is 9.88. The fourth-order valence-corrected chi connectivity index (χ4v) is 3.23. The maximum Gasteiger partial charge on any atom is 0.310 e. The van der Waals surface area contributed by atoms with Crippen LogP contribution in [0.1, 0.15) is 32.3 Å². The van der Waals surface area contributed by atoms with Crippen molar-refractivity contribution in [3.8, 4) is 0 Å². The molecular weight excluding hydrogens is 342 g/mol. The molecule has 0 spiro atoms. The molecule has 6 nitrogen and oxygen atoms in total. The number of carbonyl (C=O) groups excluding carboxylic acids is 1. The summed E-state index contributed by atoms with van der Waals surface area (Å²) in [6.45, 7) is 8.11. The normalized spacial score (nSPS) is 18.9. The highest BCUT2D eigenvalue weighted by Gasteiger charge is 2.28. The lowest BCUT2D eigenvalue weighted by Gasteiger charge is -2.34. The molecule has 1 N–H and O–H groups in total. The third kappa shape index (κ3) is 7.21. The summed E-state index contributed by atoms with van der Waals surface area (Å²) in [5, 5.41) is 3.42. The quantitative estimate of drug-likeness (QED) is 0.430. The van der Waals surface area contributed by atoms with Gasteiger partial charge in [0.25, 0.3) is 0 Å². The summed E-state index contributed by atoms with van der Waals surface area (Å²) in [5.41, 5.74) is 1.19. The fraction of sp³-hybridized carbons (Fsp3) is 0.619. The molecule has 0 aromatic heterocycles. The van der Waals surface area contributed by atoms with Crippen LogP contribution in [0.4, 0.5) is 0 Å².